The summed E-state index contributed by atoms with van der Waals surface area (Å²) in [4.78, 5) is 14.6. The van der Waals surface area contributed by atoms with Crippen molar-refractivity contribution in [3.05, 3.63) is 35.4 Å². The molecule has 20 heavy (non-hydrogen) atoms. The predicted octanol–water partition coefficient (Wildman–Crippen LogP) is 3.50. The zero-order valence-electron chi connectivity index (χ0n) is 12.5. The summed E-state index contributed by atoms with van der Waals surface area (Å²) in [5, 5.41) is 9.24. The summed E-state index contributed by atoms with van der Waals surface area (Å²) in [5.41, 5.74) is 1.71. The number of likely N-dealkylation sites (tertiary alicyclic amines) is 1. The first-order valence-corrected chi connectivity index (χ1v) is 7.25. The van der Waals surface area contributed by atoms with Gasteiger partial charge < -0.3 is 4.90 Å². The van der Waals surface area contributed by atoms with Crippen LogP contribution in [0.3, 0.4) is 0 Å². The van der Waals surface area contributed by atoms with Crippen LogP contribution in [-0.4, -0.2) is 23.4 Å². The SMILES string of the molecule is CC(C)(C)c1ccccc1C(=O)N1CCCCC1C#N. The minimum absolute atomic E-state index is 0.00164. The molecule has 3 nitrogen and oxygen atoms in total. The van der Waals surface area contributed by atoms with E-state index >= 15 is 0 Å². The van der Waals surface area contributed by atoms with Crippen LogP contribution in [0.4, 0.5) is 0 Å². The van der Waals surface area contributed by atoms with E-state index in [1.807, 2.05) is 24.3 Å². The number of rotatable bonds is 1. The van der Waals surface area contributed by atoms with Gasteiger partial charge in [-0.25, -0.2) is 0 Å². The Bertz CT molecular complexity index is 537. The van der Waals surface area contributed by atoms with Crippen molar-refractivity contribution in [2.75, 3.05) is 6.54 Å². The van der Waals surface area contributed by atoms with Gasteiger partial charge in [-0.2, -0.15) is 5.26 Å². The van der Waals surface area contributed by atoms with Crippen LogP contribution in [-0.2, 0) is 5.41 Å². The Balaban J connectivity index is 2.36. The van der Waals surface area contributed by atoms with E-state index in [0.29, 0.717) is 6.54 Å². The maximum Gasteiger partial charge on any atom is 0.255 e. The number of benzene rings is 1. The van der Waals surface area contributed by atoms with Crippen molar-refractivity contribution in [2.24, 2.45) is 0 Å². The van der Waals surface area contributed by atoms with Crippen molar-refractivity contribution in [1.29, 1.82) is 5.26 Å². The number of hydrogen-bond acceptors (Lipinski definition) is 2. The van der Waals surface area contributed by atoms with Crippen LogP contribution in [0.25, 0.3) is 0 Å². The molecule has 1 aromatic rings. The summed E-state index contributed by atoms with van der Waals surface area (Å²) >= 11 is 0. The molecular formula is C17H22N2O. The number of hydrogen-bond donors (Lipinski definition) is 0. The molecule has 1 aliphatic heterocycles. The fraction of sp³-hybridized carbons (Fsp3) is 0.529. The van der Waals surface area contributed by atoms with Gasteiger partial charge in [0.1, 0.15) is 6.04 Å². The quantitative estimate of drug-likeness (QED) is 0.784. The molecule has 0 N–H and O–H groups in total. The molecule has 1 amide bonds. The van der Waals surface area contributed by atoms with E-state index in [2.05, 4.69) is 26.8 Å². The Morgan fingerprint density at radius 2 is 2.00 bits per heavy atom. The topological polar surface area (TPSA) is 44.1 Å². The molecule has 0 saturated carbocycles. The summed E-state index contributed by atoms with van der Waals surface area (Å²) in [6.07, 6.45) is 2.81. The van der Waals surface area contributed by atoms with Gasteiger partial charge in [-0.3, -0.25) is 4.79 Å². The lowest BCUT2D eigenvalue weighted by Crippen LogP contribution is -2.43. The average Bonchev–Trinajstić information content (AvgIpc) is 2.45. The van der Waals surface area contributed by atoms with Crippen LogP contribution in [0.1, 0.15) is 56.0 Å². The van der Waals surface area contributed by atoms with Gasteiger partial charge in [-0.05, 0) is 36.3 Å². The Morgan fingerprint density at radius 1 is 1.30 bits per heavy atom. The summed E-state index contributed by atoms with van der Waals surface area (Å²) in [6.45, 7) is 7.01. The first-order valence-electron chi connectivity index (χ1n) is 7.25. The predicted molar refractivity (Wildman–Crippen MR) is 79.4 cm³/mol. The van der Waals surface area contributed by atoms with Crippen molar-refractivity contribution in [2.45, 2.75) is 51.5 Å². The molecule has 1 atom stereocenters. The third-order valence-electron chi connectivity index (χ3n) is 3.88. The fourth-order valence-corrected chi connectivity index (χ4v) is 2.79. The zero-order valence-corrected chi connectivity index (χ0v) is 12.5. The second kappa shape index (κ2) is 5.66. The van der Waals surface area contributed by atoms with Crippen LogP contribution in [0.15, 0.2) is 24.3 Å². The number of piperidine rings is 1. The van der Waals surface area contributed by atoms with Crippen molar-refractivity contribution in [1.82, 2.24) is 4.90 Å². The van der Waals surface area contributed by atoms with Crippen LogP contribution in [0.5, 0.6) is 0 Å². The highest BCUT2D eigenvalue weighted by atomic mass is 16.2. The molecule has 0 aliphatic carbocycles. The number of amides is 1. The van der Waals surface area contributed by atoms with E-state index in [1.165, 1.54) is 0 Å². The van der Waals surface area contributed by atoms with Crippen LogP contribution in [0.2, 0.25) is 0 Å². The summed E-state index contributed by atoms with van der Waals surface area (Å²) in [5.74, 6) is 0.00164. The summed E-state index contributed by atoms with van der Waals surface area (Å²) < 4.78 is 0. The molecule has 0 bridgehead atoms. The first-order chi connectivity index (χ1) is 9.45. The first kappa shape index (κ1) is 14.6. The Labute approximate surface area is 121 Å². The van der Waals surface area contributed by atoms with Gasteiger partial charge in [-0.15, -0.1) is 0 Å². The highest BCUT2D eigenvalue weighted by molar-refractivity contribution is 5.96. The Hall–Kier alpha value is -1.82. The number of nitriles is 1. The minimum Gasteiger partial charge on any atom is -0.323 e. The molecule has 1 aromatic carbocycles. The molecule has 3 heteroatoms. The van der Waals surface area contributed by atoms with Gasteiger partial charge in [0.05, 0.1) is 6.07 Å². The molecule has 106 valence electrons. The van der Waals surface area contributed by atoms with Gasteiger partial charge in [0, 0.05) is 12.1 Å². The van der Waals surface area contributed by atoms with E-state index < -0.39 is 0 Å². The molecule has 0 spiro atoms. The average molecular weight is 270 g/mol. The van der Waals surface area contributed by atoms with Gasteiger partial charge in [0.2, 0.25) is 0 Å². The standard InChI is InChI=1S/C17H22N2O/c1-17(2,3)15-10-5-4-9-14(15)16(20)19-11-7-6-8-13(19)12-18/h4-5,9-10,13H,6-8,11H2,1-3H3. The van der Waals surface area contributed by atoms with Gasteiger partial charge in [0.15, 0.2) is 0 Å². The summed E-state index contributed by atoms with van der Waals surface area (Å²) in [7, 11) is 0. The highest BCUT2D eigenvalue weighted by Gasteiger charge is 2.30. The number of carbonyl (C=O) groups is 1. The van der Waals surface area contributed by atoms with E-state index in [0.717, 1.165) is 30.4 Å². The van der Waals surface area contributed by atoms with Crippen LogP contribution in [0, 0.1) is 11.3 Å². The molecule has 1 unspecified atom stereocenters. The van der Waals surface area contributed by atoms with Crippen molar-refractivity contribution in [3.8, 4) is 6.07 Å². The lowest BCUT2D eigenvalue weighted by Gasteiger charge is -2.33. The maximum absolute atomic E-state index is 12.8. The Morgan fingerprint density at radius 3 is 2.65 bits per heavy atom. The number of carbonyl (C=O) groups excluding carboxylic acids is 1. The largest absolute Gasteiger partial charge is 0.323 e. The second-order valence-electron chi connectivity index (χ2n) is 6.43. The van der Waals surface area contributed by atoms with E-state index in [9.17, 15) is 10.1 Å². The molecular weight excluding hydrogens is 248 g/mol. The minimum atomic E-state index is -0.274. The summed E-state index contributed by atoms with van der Waals surface area (Å²) in [6, 6.07) is 9.75. The van der Waals surface area contributed by atoms with Crippen molar-refractivity contribution in [3.63, 3.8) is 0 Å². The third kappa shape index (κ3) is 2.85. The molecule has 1 heterocycles. The number of nitrogens with zero attached hydrogens (tertiary/aromatic N) is 2. The highest BCUT2D eigenvalue weighted by Crippen LogP contribution is 2.28. The molecule has 0 aromatic heterocycles. The third-order valence-corrected chi connectivity index (χ3v) is 3.88. The van der Waals surface area contributed by atoms with Crippen LogP contribution < -0.4 is 0 Å². The zero-order chi connectivity index (χ0) is 14.8. The fourth-order valence-electron chi connectivity index (χ4n) is 2.79. The Kier molecular flexibility index (Phi) is 4.13. The van der Waals surface area contributed by atoms with E-state index in [4.69, 9.17) is 0 Å². The molecule has 1 saturated heterocycles. The lowest BCUT2D eigenvalue weighted by molar-refractivity contribution is 0.0668. The van der Waals surface area contributed by atoms with E-state index in [1.54, 1.807) is 4.90 Å². The maximum atomic E-state index is 12.8. The smallest absolute Gasteiger partial charge is 0.255 e. The van der Waals surface area contributed by atoms with Crippen molar-refractivity contribution < 1.29 is 4.79 Å². The lowest BCUT2D eigenvalue weighted by atomic mass is 9.83. The molecule has 1 fully saturated rings. The molecule has 1 aliphatic rings. The normalized spacial score (nSPS) is 19.5. The molecule has 0 radical (unpaired) electrons. The van der Waals surface area contributed by atoms with Gasteiger partial charge >= 0.3 is 0 Å². The monoisotopic (exact) mass is 270 g/mol. The molecule has 2 rings (SSSR count). The van der Waals surface area contributed by atoms with E-state index in [-0.39, 0.29) is 17.4 Å². The van der Waals surface area contributed by atoms with Crippen molar-refractivity contribution >= 4 is 5.91 Å². The van der Waals surface area contributed by atoms with Gasteiger partial charge in [0.25, 0.3) is 5.91 Å². The van der Waals surface area contributed by atoms with Gasteiger partial charge in [-0.1, -0.05) is 39.0 Å². The second-order valence-corrected chi connectivity index (χ2v) is 6.43. The van der Waals surface area contributed by atoms with Crippen LogP contribution >= 0.6 is 0 Å².